The lowest BCUT2D eigenvalue weighted by atomic mass is 9.77. The number of nitrogens with zero attached hydrogens (tertiary/aromatic N) is 1. The molecule has 0 unspecified atom stereocenters. The summed E-state index contributed by atoms with van der Waals surface area (Å²) in [4.78, 5) is 56.2. The zero-order valence-electron chi connectivity index (χ0n) is 19.4. The number of imide groups is 1. The van der Waals surface area contributed by atoms with E-state index < -0.39 is 46.9 Å². The lowest BCUT2D eigenvalue weighted by molar-refractivity contribution is -0.145. The van der Waals surface area contributed by atoms with E-state index in [1.54, 1.807) is 24.3 Å². The summed E-state index contributed by atoms with van der Waals surface area (Å²) in [6.07, 6.45) is -0.887. The molecular weight excluding hydrogens is 442 g/mol. The Morgan fingerprint density at radius 1 is 0.743 bits per heavy atom. The summed E-state index contributed by atoms with van der Waals surface area (Å²) in [5.74, 6) is -4.21. The van der Waals surface area contributed by atoms with Crippen LogP contribution in [0.3, 0.4) is 0 Å². The summed E-state index contributed by atoms with van der Waals surface area (Å²) in [5.41, 5.74) is 1.99. The van der Waals surface area contributed by atoms with Gasteiger partial charge in [0.25, 0.3) is 0 Å². The fraction of sp³-hybridized carbons (Fsp3) is 0.241. The van der Waals surface area contributed by atoms with E-state index in [-0.39, 0.29) is 17.7 Å². The number of carbonyl (C=O) groups excluding carboxylic acids is 4. The minimum absolute atomic E-state index is 0.0803. The number of carbonyl (C=O) groups is 4. The van der Waals surface area contributed by atoms with Gasteiger partial charge in [-0.1, -0.05) is 83.9 Å². The molecule has 3 aromatic carbocycles. The van der Waals surface area contributed by atoms with Crippen molar-refractivity contribution in [2.24, 2.45) is 11.8 Å². The minimum atomic E-state index is -2.03. The Labute approximate surface area is 202 Å². The second-order valence-electron chi connectivity index (χ2n) is 9.64. The van der Waals surface area contributed by atoms with Crippen molar-refractivity contribution in [2.45, 2.75) is 32.1 Å². The van der Waals surface area contributed by atoms with Crippen LogP contribution in [0.25, 0.3) is 0 Å². The van der Waals surface area contributed by atoms with Gasteiger partial charge in [0.05, 0.1) is 24.5 Å². The molecule has 0 N–H and O–H groups in total. The van der Waals surface area contributed by atoms with E-state index in [0.717, 1.165) is 16.7 Å². The maximum absolute atomic E-state index is 13.8. The highest BCUT2D eigenvalue weighted by Gasteiger charge is 2.74. The van der Waals surface area contributed by atoms with Crippen LogP contribution in [-0.4, -0.2) is 33.9 Å². The molecule has 35 heavy (non-hydrogen) atoms. The van der Waals surface area contributed by atoms with Crippen LogP contribution in [0.15, 0.2) is 72.8 Å². The quantitative estimate of drug-likeness (QED) is 0.432. The van der Waals surface area contributed by atoms with Crippen LogP contribution in [0.2, 0.25) is 0 Å². The van der Waals surface area contributed by atoms with Crippen LogP contribution in [0.5, 0.6) is 0 Å². The lowest BCUT2D eigenvalue weighted by Gasteiger charge is -2.27. The third kappa shape index (κ3) is 2.93. The molecule has 0 bridgehead atoms. The number of ketones is 2. The topological polar surface area (TPSA) is 80.8 Å². The molecule has 0 saturated carbocycles. The summed E-state index contributed by atoms with van der Waals surface area (Å²) < 4.78 is 6.30. The van der Waals surface area contributed by atoms with Gasteiger partial charge in [-0.2, -0.15) is 0 Å². The van der Waals surface area contributed by atoms with Crippen LogP contribution >= 0.6 is 0 Å². The van der Waals surface area contributed by atoms with Crippen LogP contribution in [0, 0.1) is 25.7 Å². The monoisotopic (exact) mass is 465 g/mol. The van der Waals surface area contributed by atoms with Gasteiger partial charge in [0.1, 0.15) is 0 Å². The SMILES string of the molecule is Cc1ccc(CN2C(=O)[C@H]3[C@@H](C2=O)C2(O[C@H]3c3ccc(C)cc3)C(=O)c3ccccc3C2=O)cc1. The summed E-state index contributed by atoms with van der Waals surface area (Å²) in [6, 6.07) is 21.5. The third-order valence-corrected chi connectivity index (χ3v) is 7.48. The van der Waals surface area contributed by atoms with Crippen molar-refractivity contribution >= 4 is 23.4 Å². The molecule has 0 radical (unpaired) electrons. The van der Waals surface area contributed by atoms with Gasteiger partial charge in [-0.3, -0.25) is 24.1 Å². The molecule has 6 rings (SSSR count). The lowest BCUT2D eigenvalue weighted by Crippen LogP contribution is -2.50. The van der Waals surface area contributed by atoms with Crippen molar-refractivity contribution in [1.29, 1.82) is 0 Å². The molecular formula is C29H23NO5. The van der Waals surface area contributed by atoms with E-state index in [1.807, 2.05) is 62.4 Å². The van der Waals surface area contributed by atoms with Crippen molar-refractivity contribution < 1.29 is 23.9 Å². The van der Waals surface area contributed by atoms with Gasteiger partial charge in [-0.05, 0) is 25.0 Å². The predicted molar refractivity (Wildman–Crippen MR) is 127 cm³/mol. The molecule has 1 spiro atoms. The van der Waals surface area contributed by atoms with Crippen LogP contribution in [-0.2, 0) is 20.9 Å². The Hall–Kier alpha value is -3.90. The third-order valence-electron chi connectivity index (χ3n) is 7.48. The number of likely N-dealkylation sites (tertiary alicyclic amines) is 1. The van der Waals surface area contributed by atoms with Gasteiger partial charge < -0.3 is 4.74 Å². The Morgan fingerprint density at radius 3 is 1.86 bits per heavy atom. The van der Waals surface area contributed by atoms with Crippen molar-refractivity contribution in [2.75, 3.05) is 0 Å². The molecule has 6 nitrogen and oxygen atoms in total. The first kappa shape index (κ1) is 21.6. The van der Waals surface area contributed by atoms with E-state index >= 15 is 0 Å². The number of fused-ring (bicyclic) bond motifs is 3. The van der Waals surface area contributed by atoms with Gasteiger partial charge in [-0.25, -0.2) is 0 Å². The van der Waals surface area contributed by atoms with E-state index in [2.05, 4.69) is 0 Å². The van der Waals surface area contributed by atoms with Gasteiger partial charge in [0.2, 0.25) is 29.0 Å². The van der Waals surface area contributed by atoms with Gasteiger partial charge in [0, 0.05) is 11.1 Å². The molecule has 1 aliphatic carbocycles. The highest BCUT2D eigenvalue weighted by Crippen LogP contribution is 2.57. The molecule has 2 fully saturated rings. The molecule has 2 aliphatic heterocycles. The highest BCUT2D eigenvalue weighted by molar-refractivity contribution is 6.35. The van der Waals surface area contributed by atoms with Crippen molar-refractivity contribution in [3.05, 3.63) is 106 Å². The molecule has 2 saturated heterocycles. The van der Waals surface area contributed by atoms with Gasteiger partial charge >= 0.3 is 0 Å². The molecule has 3 aromatic rings. The number of ether oxygens (including phenoxy) is 1. The van der Waals surface area contributed by atoms with Crippen molar-refractivity contribution in [3.8, 4) is 0 Å². The smallest absolute Gasteiger partial charge is 0.237 e. The number of amides is 2. The first-order chi connectivity index (χ1) is 16.8. The predicted octanol–water partition coefficient (Wildman–Crippen LogP) is 3.99. The van der Waals surface area contributed by atoms with Gasteiger partial charge in [-0.15, -0.1) is 0 Å². The number of benzene rings is 3. The molecule has 2 heterocycles. The average Bonchev–Trinajstić information content (AvgIpc) is 3.42. The maximum Gasteiger partial charge on any atom is 0.237 e. The molecule has 2 amide bonds. The maximum atomic E-state index is 13.8. The van der Waals surface area contributed by atoms with Crippen LogP contribution in [0.1, 0.15) is 49.1 Å². The fourth-order valence-electron chi connectivity index (χ4n) is 5.67. The van der Waals surface area contributed by atoms with Gasteiger partial charge in [0.15, 0.2) is 0 Å². The standard InChI is InChI=1S/C29H23NO5/c1-16-7-11-18(12-8-16)15-30-27(33)22-23(28(30)34)29(35-24(22)19-13-9-17(2)10-14-19)25(31)20-5-3-4-6-21(20)26(29)32/h3-14,22-24H,15H2,1-2H3/t22-,23-,24-/m0/s1. The average molecular weight is 466 g/mol. The molecule has 0 aromatic heterocycles. The zero-order valence-corrected chi connectivity index (χ0v) is 19.4. The second-order valence-corrected chi connectivity index (χ2v) is 9.64. The number of Topliss-reactive ketones (excluding diaryl/α,β-unsaturated/α-hetero) is 2. The molecule has 3 atom stereocenters. The normalized spacial score (nSPS) is 24.4. The summed E-state index contributed by atoms with van der Waals surface area (Å²) >= 11 is 0. The fourth-order valence-corrected chi connectivity index (χ4v) is 5.67. The summed E-state index contributed by atoms with van der Waals surface area (Å²) in [7, 11) is 0. The largest absolute Gasteiger partial charge is 0.349 e. The molecule has 3 aliphatic rings. The Morgan fingerprint density at radius 2 is 1.29 bits per heavy atom. The minimum Gasteiger partial charge on any atom is -0.349 e. The molecule has 174 valence electrons. The first-order valence-electron chi connectivity index (χ1n) is 11.7. The van der Waals surface area contributed by atoms with E-state index in [4.69, 9.17) is 4.74 Å². The summed E-state index contributed by atoms with van der Waals surface area (Å²) in [5, 5.41) is 0. The number of hydrogen-bond acceptors (Lipinski definition) is 5. The molecule has 6 heteroatoms. The number of aryl methyl sites for hydroxylation is 2. The zero-order chi connectivity index (χ0) is 24.5. The van der Waals surface area contributed by atoms with Crippen molar-refractivity contribution in [1.82, 2.24) is 4.90 Å². The van der Waals surface area contributed by atoms with E-state index in [1.165, 1.54) is 4.90 Å². The summed E-state index contributed by atoms with van der Waals surface area (Å²) in [6.45, 7) is 3.98. The van der Waals surface area contributed by atoms with Crippen molar-refractivity contribution in [3.63, 3.8) is 0 Å². The highest BCUT2D eigenvalue weighted by atomic mass is 16.5. The second kappa shape index (κ2) is 7.55. The number of rotatable bonds is 3. The van der Waals surface area contributed by atoms with E-state index in [0.29, 0.717) is 5.56 Å². The van der Waals surface area contributed by atoms with Crippen LogP contribution in [0.4, 0.5) is 0 Å². The van der Waals surface area contributed by atoms with Crippen LogP contribution < -0.4 is 0 Å². The Balaban J connectivity index is 1.48. The Bertz CT molecular complexity index is 1370. The first-order valence-corrected chi connectivity index (χ1v) is 11.7. The Kier molecular flexibility index (Phi) is 4.66. The number of hydrogen-bond donors (Lipinski definition) is 0. The van der Waals surface area contributed by atoms with E-state index in [9.17, 15) is 19.2 Å².